The van der Waals surface area contributed by atoms with Crippen LogP contribution in [0.3, 0.4) is 0 Å². The largest absolute Gasteiger partial charge is 0.355 e. The van der Waals surface area contributed by atoms with Gasteiger partial charge in [0.15, 0.2) is 11.5 Å². The fourth-order valence-electron chi connectivity index (χ4n) is 4.70. The third kappa shape index (κ3) is 3.40. The van der Waals surface area contributed by atoms with Crippen LogP contribution in [-0.4, -0.2) is 43.4 Å². The van der Waals surface area contributed by atoms with Gasteiger partial charge in [0.25, 0.3) is 5.91 Å². The van der Waals surface area contributed by atoms with Crippen molar-refractivity contribution in [3.63, 3.8) is 0 Å². The van der Waals surface area contributed by atoms with Crippen molar-refractivity contribution >= 4 is 17.2 Å². The third-order valence-electron chi connectivity index (χ3n) is 6.31. The smallest absolute Gasteiger partial charge is 0.345 e. The highest BCUT2D eigenvalue weighted by molar-refractivity contribution is 7.13. The summed E-state index contributed by atoms with van der Waals surface area (Å²) in [6, 6.07) is 5.88. The first kappa shape index (κ1) is 19.3. The van der Waals surface area contributed by atoms with Crippen LogP contribution in [0.25, 0.3) is 10.6 Å². The van der Waals surface area contributed by atoms with Crippen molar-refractivity contribution in [1.29, 1.82) is 0 Å². The van der Waals surface area contributed by atoms with Crippen LogP contribution in [0.4, 0.5) is 0 Å². The first-order chi connectivity index (χ1) is 14.6. The van der Waals surface area contributed by atoms with Crippen LogP contribution >= 0.6 is 11.3 Å². The van der Waals surface area contributed by atoms with E-state index in [0.717, 1.165) is 36.4 Å². The minimum absolute atomic E-state index is 0.0147. The van der Waals surface area contributed by atoms with Gasteiger partial charge < -0.3 is 9.42 Å². The van der Waals surface area contributed by atoms with Gasteiger partial charge >= 0.3 is 5.69 Å². The molecule has 0 atom stereocenters. The second-order valence-electron chi connectivity index (χ2n) is 8.19. The minimum Gasteiger partial charge on any atom is -0.355 e. The quantitative estimate of drug-likeness (QED) is 0.637. The topological polar surface area (TPSA) is 86.2 Å². The molecule has 3 aromatic heterocycles. The molecule has 8 nitrogen and oxygen atoms in total. The molecule has 1 aliphatic heterocycles. The molecule has 1 saturated carbocycles. The van der Waals surface area contributed by atoms with Gasteiger partial charge in [0.2, 0.25) is 0 Å². The number of amides is 1. The number of thiophene rings is 1. The Hall–Kier alpha value is -2.68. The number of piperidine rings is 1. The first-order valence-corrected chi connectivity index (χ1v) is 11.4. The molecule has 0 aromatic carbocycles. The molecule has 30 heavy (non-hydrogen) atoms. The van der Waals surface area contributed by atoms with Crippen molar-refractivity contribution in [2.24, 2.45) is 7.05 Å². The van der Waals surface area contributed by atoms with E-state index in [1.807, 2.05) is 27.0 Å². The molecule has 0 unspecified atom stereocenters. The second-order valence-corrected chi connectivity index (χ2v) is 9.14. The molecule has 0 radical (unpaired) electrons. The van der Waals surface area contributed by atoms with Gasteiger partial charge in [-0.05, 0) is 37.1 Å². The Kier molecular flexibility index (Phi) is 5.06. The average molecular weight is 428 g/mol. The van der Waals surface area contributed by atoms with Crippen molar-refractivity contribution in [1.82, 2.24) is 24.4 Å². The normalized spacial score (nSPS) is 18.4. The minimum atomic E-state index is -0.103. The van der Waals surface area contributed by atoms with Gasteiger partial charge in [-0.15, -0.1) is 11.3 Å². The van der Waals surface area contributed by atoms with Gasteiger partial charge in [-0.2, -0.15) is 5.10 Å². The van der Waals surface area contributed by atoms with Crippen LogP contribution in [-0.2, 0) is 7.05 Å². The van der Waals surface area contributed by atoms with Crippen molar-refractivity contribution in [3.8, 4) is 10.6 Å². The summed E-state index contributed by atoms with van der Waals surface area (Å²) in [6.07, 6.45) is 6.03. The van der Waals surface area contributed by atoms with Crippen LogP contribution in [0.15, 0.2) is 32.9 Å². The second kappa shape index (κ2) is 7.86. The van der Waals surface area contributed by atoms with Crippen LogP contribution in [0.2, 0.25) is 0 Å². The van der Waals surface area contributed by atoms with E-state index in [1.165, 1.54) is 17.5 Å². The molecule has 1 amide bonds. The number of aryl methyl sites for hydroxylation is 1. The van der Waals surface area contributed by atoms with Crippen molar-refractivity contribution < 1.29 is 9.32 Å². The van der Waals surface area contributed by atoms with Gasteiger partial charge in [0.1, 0.15) is 5.82 Å². The van der Waals surface area contributed by atoms with E-state index in [2.05, 4.69) is 10.3 Å². The van der Waals surface area contributed by atoms with Gasteiger partial charge in [-0.1, -0.05) is 24.1 Å². The Bertz CT molecular complexity index is 1080. The number of likely N-dealkylation sites (tertiary alicyclic amines) is 1. The van der Waals surface area contributed by atoms with Gasteiger partial charge in [0.05, 0.1) is 4.88 Å². The summed E-state index contributed by atoms with van der Waals surface area (Å²) in [5.74, 6) is 1.61. The Balaban J connectivity index is 1.28. The lowest BCUT2D eigenvalue weighted by Crippen LogP contribution is -2.39. The molecule has 2 fully saturated rings. The van der Waals surface area contributed by atoms with E-state index in [0.29, 0.717) is 24.5 Å². The van der Waals surface area contributed by atoms with E-state index in [1.54, 1.807) is 24.5 Å². The maximum absolute atomic E-state index is 12.9. The molecule has 5 rings (SSSR count). The molecule has 0 bridgehead atoms. The molecule has 4 heterocycles. The van der Waals surface area contributed by atoms with Gasteiger partial charge in [0, 0.05) is 38.2 Å². The molecular weight excluding hydrogens is 402 g/mol. The number of aromatic nitrogens is 4. The molecule has 1 saturated heterocycles. The number of nitrogens with zero attached hydrogens (tertiary/aromatic N) is 5. The molecule has 9 heteroatoms. The zero-order valence-electron chi connectivity index (χ0n) is 17.0. The maximum Gasteiger partial charge on any atom is 0.345 e. The van der Waals surface area contributed by atoms with Crippen LogP contribution in [0, 0.1) is 0 Å². The fourth-order valence-corrected chi connectivity index (χ4v) is 5.37. The third-order valence-corrected chi connectivity index (χ3v) is 7.20. The summed E-state index contributed by atoms with van der Waals surface area (Å²) >= 11 is 1.55. The van der Waals surface area contributed by atoms with Crippen LogP contribution < -0.4 is 5.69 Å². The predicted molar refractivity (Wildman–Crippen MR) is 113 cm³/mol. The Morgan fingerprint density at radius 3 is 2.67 bits per heavy atom. The highest BCUT2D eigenvalue weighted by Crippen LogP contribution is 2.34. The van der Waals surface area contributed by atoms with E-state index in [-0.39, 0.29) is 23.6 Å². The molecular formula is C21H25N5O3S. The Labute approximate surface area is 178 Å². The maximum atomic E-state index is 12.9. The zero-order valence-corrected chi connectivity index (χ0v) is 17.8. The predicted octanol–water partition coefficient (Wildman–Crippen LogP) is 3.43. The van der Waals surface area contributed by atoms with Crippen molar-refractivity contribution in [3.05, 3.63) is 45.6 Å². The number of hydrogen-bond acceptors (Lipinski definition) is 6. The van der Waals surface area contributed by atoms with E-state index in [4.69, 9.17) is 4.52 Å². The Morgan fingerprint density at radius 1 is 1.20 bits per heavy atom. The fraction of sp³-hybridized carbons (Fsp3) is 0.524. The summed E-state index contributed by atoms with van der Waals surface area (Å²) in [6.45, 7) is 1.25. The highest BCUT2D eigenvalue weighted by Gasteiger charge is 2.32. The summed E-state index contributed by atoms with van der Waals surface area (Å²) in [5.41, 5.74) is 0.330. The van der Waals surface area contributed by atoms with Gasteiger partial charge in [-0.3, -0.25) is 9.36 Å². The molecule has 2 aliphatic rings. The zero-order chi connectivity index (χ0) is 20.7. The summed E-state index contributed by atoms with van der Waals surface area (Å²) in [5, 5.41) is 10.5. The van der Waals surface area contributed by atoms with Crippen molar-refractivity contribution in [2.75, 3.05) is 13.1 Å². The van der Waals surface area contributed by atoms with E-state index >= 15 is 0 Å². The lowest BCUT2D eigenvalue weighted by Gasteiger charge is -2.31. The summed E-state index contributed by atoms with van der Waals surface area (Å²) < 4.78 is 8.76. The molecule has 0 spiro atoms. The van der Waals surface area contributed by atoms with Crippen LogP contribution in [0.5, 0.6) is 0 Å². The Morgan fingerprint density at radius 2 is 1.97 bits per heavy atom. The number of carbonyl (C=O) groups is 1. The monoisotopic (exact) mass is 427 g/mol. The highest BCUT2D eigenvalue weighted by atomic mass is 32.1. The standard InChI is InChI=1S/C21H25N5O3S/c1-24-21(28)26(15-5-2-3-6-15)19(22-24)14-8-10-25(11-9-14)20(27)16-13-17(29-23-16)18-7-4-12-30-18/h4,7,12-15H,2-3,5-6,8-11H2,1H3. The van der Waals surface area contributed by atoms with Gasteiger partial charge in [-0.25, -0.2) is 9.48 Å². The number of rotatable bonds is 4. The molecule has 1 aliphatic carbocycles. The molecule has 158 valence electrons. The lowest BCUT2D eigenvalue weighted by atomic mass is 9.95. The van der Waals surface area contributed by atoms with E-state index < -0.39 is 0 Å². The summed E-state index contributed by atoms with van der Waals surface area (Å²) in [4.78, 5) is 28.3. The average Bonchev–Trinajstić information content (AvgIpc) is 3.55. The van der Waals surface area contributed by atoms with Crippen molar-refractivity contribution in [2.45, 2.75) is 50.5 Å². The summed E-state index contributed by atoms with van der Waals surface area (Å²) in [7, 11) is 1.73. The SMILES string of the molecule is Cn1nc(C2CCN(C(=O)c3cc(-c4cccs4)on3)CC2)n(C2CCCC2)c1=O. The van der Waals surface area contributed by atoms with Crippen LogP contribution in [0.1, 0.15) is 66.8 Å². The number of carbonyl (C=O) groups excluding carboxylic acids is 1. The molecule has 0 N–H and O–H groups in total. The number of hydrogen-bond donors (Lipinski definition) is 0. The molecule has 3 aromatic rings. The first-order valence-electron chi connectivity index (χ1n) is 10.6. The van der Waals surface area contributed by atoms with E-state index in [9.17, 15) is 9.59 Å². The lowest BCUT2D eigenvalue weighted by molar-refractivity contribution is 0.0699.